The highest BCUT2D eigenvalue weighted by atomic mass is 127. The minimum absolute atomic E-state index is 0.130. The van der Waals surface area contributed by atoms with Crippen molar-refractivity contribution in [1.29, 1.82) is 0 Å². The van der Waals surface area contributed by atoms with Crippen LogP contribution in [0.5, 0.6) is 5.75 Å². The molecule has 0 saturated carbocycles. The lowest BCUT2D eigenvalue weighted by Crippen LogP contribution is -2.63. The van der Waals surface area contributed by atoms with Crippen LogP contribution in [-0.2, 0) is 14.9 Å². The number of rotatable bonds is 4. The first kappa shape index (κ1) is 21.8. The average Bonchev–Trinajstić information content (AvgIpc) is 2.36. The molecule has 0 bridgehead atoms. The van der Waals surface area contributed by atoms with Crippen LogP contribution < -0.4 is 0 Å². The van der Waals surface area contributed by atoms with Crippen molar-refractivity contribution in [3.05, 3.63) is 27.3 Å². The molecule has 0 saturated heterocycles. The molecule has 1 rings (SSSR count). The molecule has 142 valence electrons. The third-order valence-electron chi connectivity index (χ3n) is 2.75. The van der Waals surface area contributed by atoms with Crippen molar-refractivity contribution in [2.45, 2.75) is 18.0 Å². The van der Waals surface area contributed by atoms with E-state index >= 15 is 0 Å². The van der Waals surface area contributed by atoms with Crippen molar-refractivity contribution in [3.63, 3.8) is 0 Å². The Bertz CT molecular complexity index is 758. The zero-order valence-corrected chi connectivity index (χ0v) is 14.5. The zero-order chi connectivity index (χ0) is 19.8. The van der Waals surface area contributed by atoms with Gasteiger partial charge >= 0.3 is 23.9 Å². The Hall–Kier alpha value is -1.29. The van der Waals surface area contributed by atoms with Crippen LogP contribution in [0, 0.1) is 3.57 Å². The number of alkyl halides is 6. The van der Waals surface area contributed by atoms with Crippen LogP contribution in [0.2, 0.25) is 0 Å². The molecule has 0 atom stereocenters. The highest BCUT2D eigenvalue weighted by Gasteiger charge is 2.76. The molecule has 0 amide bonds. The molecule has 0 heterocycles. The summed E-state index contributed by atoms with van der Waals surface area (Å²) in [5, 5.41) is 9.36. The van der Waals surface area contributed by atoms with Crippen molar-refractivity contribution < 1.29 is 54.0 Å². The topological polar surface area (TPSA) is 101 Å². The van der Waals surface area contributed by atoms with Gasteiger partial charge < -0.3 is 9.84 Å². The van der Waals surface area contributed by atoms with Crippen molar-refractivity contribution >= 4 is 38.7 Å². The lowest BCUT2D eigenvalue weighted by atomic mass is 10.1. The van der Waals surface area contributed by atoms with Gasteiger partial charge in [0, 0.05) is 0 Å². The number of aromatic hydroxyl groups is 1. The predicted octanol–water partition coefficient (Wildman–Crippen LogP) is 2.90. The van der Waals surface area contributed by atoms with E-state index in [4.69, 9.17) is 4.55 Å². The van der Waals surface area contributed by atoms with E-state index in [1.807, 2.05) is 0 Å². The van der Waals surface area contributed by atoms with Crippen LogP contribution >= 0.6 is 22.6 Å². The maximum absolute atomic E-state index is 13.0. The second-order valence-corrected chi connectivity index (χ2v) is 7.22. The minimum atomic E-state index is -6.41. The summed E-state index contributed by atoms with van der Waals surface area (Å²) in [4.78, 5) is 11.7. The monoisotopic (exact) mass is 508 g/mol. The summed E-state index contributed by atoms with van der Waals surface area (Å²) in [5.74, 6) is -5.81. The number of benzene rings is 1. The van der Waals surface area contributed by atoms with Gasteiger partial charge in [0.1, 0.15) is 11.5 Å². The molecule has 25 heavy (non-hydrogen) atoms. The number of phenolic OH excluding ortho intramolecular Hbond substituents is 1. The molecule has 1 aromatic carbocycles. The van der Waals surface area contributed by atoms with E-state index in [1.54, 1.807) is 22.6 Å². The number of hydrogen-bond donors (Lipinski definition) is 2. The van der Waals surface area contributed by atoms with Gasteiger partial charge in [0.05, 0.1) is 9.13 Å². The Morgan fingerprint density at radius 2 is 1.60 bits per heavy atom. The summed E-state index contributed by atoms with van der Waals surface area (Å²) < 4.78 is 111. The molecule has 0 aliphatic carbocycles. The number of carbonyl (C=O) groups excluding carboxylic acids is 1. The molecule has 0 aliphatic heterocycles. The van der Waals surface area contributed by atoms with Gasteiger partial charge in [-0.25, -0.2) is 4.79 Å². The summed E-state index contributed by atoms with van der Waals surface area (Å²) in [6.07, 6.45) is -12.8. The number of ether oxygens (including phenoxy) is 1. The van der Waals surface area contributed by atoms with Gasteiger partial charge in [-0.15, -0.1) is 0 Å². The third-order valence-corrected chi connectivity index (χ3v) is 4.43. The van der Waals surface area contributed by atoms with Crippen LogP contribution in [-0.4, -0.2) is 47.8 Å². The smallest absolute Gasteiger partial charge is 0.438 e. The van der Waals surface area contributed by atoms with Gasteiger partial charge in [0.2, 0.25) is 0 Å². The van der Waals surface area contributed by atoms with Gasteiger partial charge in [0.25, 0.3) is 10.1 Å². The first-order valence-electron chi connectivity index (χ1n) is 5.81. The van der Waals surface area contributed by atoms with E-state index in [0.29, 0.717) is 6.07 Å². The standard InChI is InChI=1S/C11H7F6IO6S/c12-10(13,14)9(11(15,16)17,4-25(21,22)23)24-8(20)5-1-2-6(18)7(19)3-5/h1-3,19H,4H2,(H,21,22,23). The molecule has 6 nitrogen and oxygen atoms in total. The van der Waals surface area contributed by atoms with E-state index in [0.717, 1.165) is 12.1 Å². The van der Waals surface area contributed by atoms with E-state index in [1.165, 1.54) is 0 Å². The Balaban J connectivity index is 3.46. The zero-order valence-electron chi connectivity index (χ0n) is 11.5. The van der Waals surface area contributed by atoms with Crippen molar-refractivity contribution in [3.8, 4) is 5.75 Å². The van der Waals surface area contributed by atoms with Crippen LogP contribution in [0.3, 0.4) is 0 Å². The largest absolute Gasteiger partial charge is 0.507 e. The number of carbonyl (C=O) groups is 1. The molecule has 0 radical (unpaired) electrons. The van der Waals surface area contributed by atoms with Gasteiger partial charge in [-0.05, 0) is 40.8 Å². The molecule has 0 aliphatic rings. The maximum Gasteiger partial charge on any atom is 0.438 e. The average molecular weight is 508 g/mol. The normalized spacial score (nSPS) is 13.6. The van der Waals surface area contributed by atoms with E-state index in [-0.39, 0.29) is 3.57 Å². The summed E-state index contributed by atoms with van der Waals surface area (Å²) in [5.41, 5.74) is -6.39. The van der Waals surface area contributed by atoms with Gasteiger partial charge in [-0.2, -0.15) is 34.8 Å². The summed E-state index contributed by atoms with van der Waals surface area (Å²) in [6, 6.07) is 2.29. The Morgan fingerprint density at radius 3 is 1.96 bits per heavy atom. The number of hydrogen-bond acceptors (Lipinski definition) is 5. The van der Waals surface area contributed by atoms with Crippen LogP contribution in [0.4, 0.5) is 26.3 Å². The molecule has 2 N–H and O–H groups in total. The minimum Gasteiger partial charge on any atom is -0.507 e. The Morgan fingerprint density at radius 1 is 1.12 bits per heavy atom. The van der Waals surface area contributed by atoms with Gasteiger partial charge in [-0.3, -0.25) is 4.55 Å². The second-order valence-electron chi connectivity index (χ2n) is 4.60. The first-order valence-corrected chi connectivity index (χ1v) is 8.49. The second kappa shape index (κ2) is 6.79. The van der Waals surface area contributed by atoms with Crippen molar-refractivity contribution in [2.75, 3.05) is 5.75 Å². The molecule has 0 fully saturated rings. The highest BCUT2D eigenvalue weighted by molar-refractivity contribution is 14.1. The number of esters is 1. The molecule has 0 unspecified atom stereocenters. The molecule has 1 aromatic rings. The van der Waals surface area contributed by atoms with Crippen LogP contribution in [0.25, 0.3) is 0 Å². The summed E-state index contributed by atoms with van der Waals surface area (Å²) in [6.45, 7) is 0. The lowest BCUT2D eigenvalue weighted by Gasteiger charge is -2.35. The number of halogens is 7. The molecule has 0 aromatic heterocycles. The molecule has 0 spiro atoms. The van der Waals surface area contributed by atoms with Gasteiger partial charge in [-0.1, -0.05) is 0 Å². The van der Waals surface area contributed by atoms with Crippen molar-refractivity contribution in [2.24, 2.45) is 0 Å². The van der Waals surface area contributed by atoms with E-state index in [2.05, 4.69) is 4.74 Å². The van der Waals surface area contributed by atoms with Crippen LogP contribution in [0.1, 0.15) is 10.4 Å². The van der Waals surface area contributed by atoms with Crippen molar-refractivity contribution in [1.82, 2.24) is 0 Å². The molecule has 14 heteroatoms. The third kappa shape index (κ3) is 4.87. The lowest BCUT2D eigenvalue weighted by molar-refractivity contribution is -0.356. The SMILES string of the molecule is O=C(OC(CS(=O)(=O)O)(C(F)(F)F)C(F)(F)F)c1ccc(I)c(O)c1. The maximum atomic E-state index is 13.0. The van der Waals surface area contributed by atoms with Gasteiger partial charge in [0.15, 0.2) is 0 Å². The highest BCUT2D eigenvalue weighted by Crippen LogP contribution is 2.47. The summed E-state index contributed by atoms with van der Waals surface area (Å²) >= 11 is 1.56. The fraction of sp³-hybridized carbons (Fsp3) is 0.364. The molecular weight excluding hydrogens is 501 g/mol. The predicted molar refractivity (Wildman–Crippen MR) is 77.5 cm³/mol. The Labute approximate surface area is 149 Å². The van der Waals surface area contributed by atoms with Crippen LogP contribution in [0.15, 0.2) is 18.2 Å². The van der Waals surface area contributed by atoms with E-state index < -0.39 is 51.1 Å². The fourth-order valence-electron chi connectivity index (χ4n) is 1.58. The Kier molecular flexibility index (Phi) is 5.91. The molecular formula is C11H7F6IO6S. The fourth-order valence-corrected chi connectivity index (χ4v) is 2.82. The summed E-state index contributed by atoms with van der Waals surface area (Å²) in [7, 11) is -5.86. The first-order chi connectivity index (χ1) is 11.0. The quantitative estimate of drug-likeness (QED) is 0.281. The number of phenols is 1. The van der Waals surface area contributed by atoms with E-state index in [9.17, 15) is 44.7 Å².